The summed E-state index contributed by atoms with van der Waals surface area (Å²) in [6, 6.07) is 5.66. The molecule has 0 aromatic heterocycles. The predicted octanol–water partition coefficient (Wildman–Crippen LogP) is 3.32. The van der Waals surface area contributed by atoms with Crippen molar-refractivity contribution in [1.29, 1.82) is 0 Å². The first kappa shape index (κ1) is 15.6. The number of likely N-dealkylation sites (tertiary alicyclic amines) is 1. The molecule has 1 aromatic rings. The van der Waals surface area contributed by atoms with E-state index in [1.807, 2.05) is 18.2 Å². The summed E-state index contributed by atoms with van der Waals surface area (Å²) in [5.41, 5.74) is 0. The summed E-state index contributed by atoms with van der Waals surface area (Å²) < 4.78 is 18.2. The SMILES string of the molecule is Clc1cc(Br)ccc1OCCN1CCC2(CC1)OCCO2. The first-order valence-electron chi connectivity index (χ1n) is 7.25. The molecule has 2 aliphatic rings. The van der Waals surface area contributed by atoms with E-state index in [0.29, 0.717) is 11.6 Å². The number of piperidine rings is 1. The lowest BCUT2D eigenvalue weighted by atomic mass is 10.0. The van der Waals surface area contributed by atoms with E-state index < -0.39 is 0 Å². The molecule has 2 aliphatic heterocycles. The van der Waals surface area contributed by atoms with Crippen molar-refractivity contribution in [3.05, 3.63) is 27.7 Å². The van der Waals surface area contributed by atoms with Crippen LogP contribution in [0.15, 0.2) is 22.7 Å². The molecule has 2 heterocycles. The molecule has 1 spiro atoms. The molecule has 0 amide bonds. The van der Waals surface area contributed by atoms with Gasteiger partial charge in [-0.25, -0.2) is 0 Å². The van der Waals surface area contributed by atoms with Crippen LogP contribution >= 0.6 is 27.5 Å². The summed E-state index contributed by atoms with van der Waals surface area (Å²) in [6.45, 7) is 4.95. The lowest BCUT2D eigenvalue weighted by Gasteiger charge is -2.37. The molecule has 0 unspecified atom stereocenters. The van der Waals surface area contributed by atoms with Gasteiger partial charge >= 0.3 is 0 Å². The molecule has 2 fully saturated rings. The zero-order chi connectivity index (χ0) is 14.7. The molecule has 0 aliphatic carbocycles. The molecule has 0 N–H and O–H groups in total. The maximum Gasteiger partial charge on any atom is 0.170 e. The highest BCUT2D eigenvalue weighted by atomic mass is 79.9. The Kier molecular flexibility index (Phi) is 5.07. The summed E-state index contributed by atoms with van der Waals surface area (Å²) in [4.78, 5) is 2.38. The standard InChI is InChI=1S/C15H19BrClNO3/c16-12-1-2-14(13(17)11-12)19-8-7-18-5-3-15(4-6-18)20-9-10-21-15/h1-2,11H,3-10H2. The monoisotopic (exact) mass is 375 g/mol. The topological polar surface area (TPSA) is 30.9 Å². The maximum atomic E-state index is 6.13. The zero-order valence-electron chi connectivity index (χ0n) is 11.8. The normalized spacial score (nSPS) is 21.8. The molecule has 3 rings (SSSR count). The second kappa shape index (κ2) is 6.84. The Morgan fingerprint density at radius 3 is 2.62 bits per heavy atom. The van der Waals surface area contributed by atoms with Crippen LogP contribution in [-0.4, -0.2) is 50.1 Å². The van der Waals surface area contributed by atoms with Gasteiger partial charge < -0.3 is 14.2 Å². The van der Waals surface area contributed by atoms with Crippen LogP contribution in [0.1, 0.15) is 12.8 Å². The number of hydrogen-bond acceptors (Lipinski definition) is 4. The Labute approximate surface area is 138 Å². The van der Waals surface area contributed by atoms with Crippen LogP contribution in [0.2, 0.25) is 5.02 Å². The molecule has 0 atom stereocenters. The highest BCUT2D eigenvalue weighted by molar-refractivity contribution is 9.10. The molecule has 4 nitrogen and oxygen atoms in total. The minimum atomic E-state index is -0.299. The zero-order valence-corrected chi connectivity index (χ0v) is 14.2. The number of hydrogen-bond donors (Lipinski definition) is 0. The fourth-order valence-corrected chi connectivity index (χ4v) is 3.51. The summed E-state index contributed by atoms with van der Waals surface area (Å²) in [7, 11) is 0. The van der Waals surface area contributed by atoms with Gasteiger partial charge in [-0.2, -0.15) is 0 Å². The number of ether oxygens (including phenoxy) is 3. The van der Waals surface area contributed by atoms with Crippen LogP contribution in [0.25, 0.3) is 0 Å². The van der Waals surface area contributed by atoms with Crippen LogP contribution in [0.3, 0.4) is 0 Å². The third-order valence-corrected chi connectivity index (χ3v) is 4.78. The molecule has 116 valence electrons. The minimum absolute atomic E-state index is 0.299. The van der Waals surface area contributed by atoms with Gasteiger partial charge in [-0.15, -0.1) is 0 Å². The molecule has 21 heavy (non-hydrogen) atoms. The lowest BCUT2D eigenvalue weighted by Crippen LogP contribution is -2.46. The summed E-state index contributed by atoms with van der Waals surface area (Å²) >= 11 is 9.52. The van der Waals surface area contributed by atoms with Gasteiger partial charge in [0.1, 0.15) is 12.4 Å². The summed E-state index contributed by atoms with van der Waals surface area (Å²) in [6.07, 6.45) is 1.87. The van der Waals surface area contributed by atoms with E-state index in [2.05, 4.69) is 20.8 Å². The smallest absolute Gasteiger partial charge is 0.170 e. The molecule has 6 heteroatoms. The molecular formula is C15H19BrClNO3. The minimum Gasteiger partial charge on any atom is -0.491 e. The molecular weight excluding hydrogens is 358 g/mol. The molecule has 1 aromatic carbocycles. The van der Waals surface area contributed by atoms with Crippen molar-refractivity contribution in [1.82, 2.24) is 4.90 Å². The van der Waals surface area contributed by atoms with Gasteiger partial charge in [0.15, 0.2) is 5.79 Å². The molecule has 2 saturated heterocycles. The van der Waals surface area contributed by atoms with E-state index in [0.717, 1.165) is 55.9 Å². The molecule has 0 saturated carbocycles. The number of nitrogens with zero attached hydrogens (tertiary/aromatic N) is 1. The lowest BCUT2D eigenvalue weighted by molar-refractivity contribution is -0.185. The van der Waals surface area contributed by atoms with E-state index >= 15 is 0 Å². The average Bonchev–Trinajstić information content (AvgIpc) is 2.92. The van der Waals surface area contributed by atoms with Crippen LogP contribution in [0.4, 0.5) is 0 Å². The Morgan fingerprint density at radius 2 is 1.95 bits per heavy atom. The van der Waals surface area contributed by atoms with Gasteiger partial charge in [-0.3, -0.25) is 4.90 Å². The van der Waals surface area contributed by atoms with Crippen molar-refractivity contribution in [2.24, 2.45) is 0 Å². The van der Waals surface area contributed by atoms with Gasteiger partial charge in [0.05, 0.1) is 18.2 Å². The van der Waals surface area contributed by atoms with E-state index in [-0.39, 0.29) is 5.79 Å². The Morgan fingerprint density at radius 1 is 1.24 bits per heavy atom. The summed E-state index contributed by atoms with van der Waals surface area (Å²) in [5.74, 6) is 0.433. The quantitative estimate of drug-likeness (QED) is 0.806. The predicted molar refractivity (Wildman–Crippen MR) is 85.0 cm³/mol. The van der Waals surface area contributed by atoms with Gasteiger partial charge in [-0.05, 0) is 18.2 Å². The maximum absolute atomic E-state index is 6.13. The van der Waals surface area contributed by atoms with Crippen LogP contribution in [0, 0.1) is 0 Å². The largest absolute Gasteiger partial charge is 0.491 e. The fourth-order valence-electron chi connectivity index (χ4n) is 2.78. The van der Waals surface area contributed by atoms with Crippen molar-refractivity contribution in [3.8, 4) is 5.75 Å². The third-order valence-electron chi connectivity index (χ3n) is 3.99. The van der Waals surface area contributed by atoms with E-state index in [1.54, 1.807) is 0 Å². The highest BCUT2D eigenvalue weighted by Gasteiger charge is 2.39. The van der Waals surface area contributed by atoms with Gasteiger partial charge in [-0.1, -0.05) is 27.5 Å². The number of benzene rings is 1. The van der Waals surface area contributed by atoms with Crippen LogP contribution in [-0.2, 0) is 9.47 Å². The Balaban J connectivity index is 1.42. The second-order valence-electron chi connectivity index (χ2n) is 5.37. The Hall–Kier alpha value is -0.330. The fraction of sp³-hybridized carbons (Fsp3) is 0.600. The van der Waals surface area contributed by atoms with Crippen molar-refractivity contribution in [2.75, 3.05) is 39.5 Å². The Bertz CT molecular complexity index is 484. The van der Waals surface area contributed by atoms with Crippen molar-refractivity contribution >= 4 is 27.5 Å². The van der Waals surface area contributed by atoms with Gasteiger partial charge in [0, 0.05) is 36.9 Å². The van der Waals surface area contributed by atoms with Crippen molar-refractivity contribution in [2.45, 2.75) is 18.6 Å². The van der Waals surface area contributed by atoms with E-state index in [4.69, 9.17) is 25.8 Å². The van der Waals surface area contributed by atoms with Crippen LogP contribution in [0.5, 0.6) is 5.75 Å². The van der Waals surface area contributed by atoms with Crippen LogP contribution < -0.4 is 4.74 Å². The third kappa shape index (κ3) is 3.90. The van der Waals surface area contributed by atoms with E-state index in [9.17, 15) is 0 Å². The van der Waals surface area contributed by atoms with Gasteiger partial charge in [0.25, 0.3) is 0 Å². The van der Waals surface area contributed by atoms with E-state index in [1.165, 1.54) is 0 Å². The first-order valence-corrected chi connectivity index (χ1v) is 8.42. The van der Waals surface area contributed by atoms with Gasteiger partial charge in [0.2, 0.25) is 0 Å². The first-order chi connectivity index (χ1) is 10.2. The summed E-state index contributed by atoms with van der Waals surface area (Å²) in [5, 5.41) is 0.634. The van der Waals surface area contributed by atoms with Crippen molar-refractivity contribution in [3.63, 3.8) is 0 Å². The molecule has 0 bridgehead atoms. The average molecular weight is 377 g/mol. The highest BCUT2D eigenvalue weighted by Crippen LogP contribution is 2.31. The second-order valence-corrected chi connectivity index (χ2v) is 6.70. The molecule has 0 radical (unpaired) electrons. The number of rotatable bonds is 4. The number of halogens is 2. The van der Waals surface area contributed by atoms with Crippen molar-refractivity contribution < 1.29 is 14.2 Å².